The quantitative estimate of drug-likeness (QED) is 0.530. The maximum Gasteiger partial charge on any atom is 0.336 e. The average Bonchev–Trinajstić information content (AvgIpc) is 2.62. The molecule has 4 nitrogen and oxygen atoms in total. The van der Waals surface area contributed by atoms with E-state index in [9.17, 15) is 4.79 Å². The summed E-state index contributed by atoms with van der Waals surface area (Å²) in [6.45, 7) is 0.213. The highest BCUT2D eigenvalue weighted by atomic mass is 16.7. The Labute approximate surface area is 69.4 Å². The molecule has 4 heteroatoms. The Morgan fingerprint density at radius 2 is 2.50 bits per heavy atom. The lowest BCUT2D eigenvalue weighted by Crippen LogP contribution is -2.17. The van der Waals surface area contributed by atoms with Gasteiger partial charge in [0.1, 0.15) is 5.76 Å². The van der Waals surface area contributed by atoms with Gasteiger partial charge in [0.05, 0.1) is 12.7 Å². The zero-order valence-corrected chi connectivity index (χ0v) is 6.57. The van der Waals surface area contributed by atoms with Crippen molar-refractivity contribution >= 4 is 5.97 Å². The van der Waals surface area contributed by atoms with Crippen LogP contribution in [0.25, 0.3) is 0 Å². The van der Waals surface area contributed by atoms with E-state index in [1.807, 2.05) is 0 Å². The highest BCUT2D eigenvalue weighted by molar-refractivity contribution is 5.91. The third-order valence-corrected chi connectivity index (χ3v) is 1.85. The van der Waals surface area contributed by atoms with Gasteiger partial charge in [0, 0.05) is 0 Å². The molecule has 1 fully saturated rings. The summed E-state index contributed by atoms with van der Waals surface area (Å²) in [7, 11) is 1.34. The second-order valence-corrected chi connectivity index (χ2v) is 2.49. The molecule has 1 aliphatic carbocycles. The molecule has 0 aromatic carbocycles. The fraction of sp³-hybridized carbons (Fsp3) is 0.375. The van der Waals surface area contributed by atoms with Crippen LogP contribution in [0.3, 0.4) is 0 Å². The molecule has 1 saturated heterocycles. The van der Waals surface area contributed by atoms with Crippen molar-refractivity contribution in [2.24, 2.45) is 0 Å². The molecule has 0 amide bonds. The van der Waals surface area contributed by atoms with Gasteiger partial charge in [0.2, 0.25) is 0 Å². The topological polar surface area (TPSA) is 44.8 Å². The standard InChI is InChI=1S/C8H8O4/c1-10-8(9)5-2-3-6-7(5)12-4-11-6/h2-3,7H,4H2,1H3. The van der Waals surface area contributed by atoms with Gasteiger partial charge >= 0.3 is 5.97 Å². The van der Waals surface area contributed by atoms with Crippen LogP contribution in [-0.2, 0) is 19.0 Å². The van der Waals surface area contributed by atoms with Crippen LogP contribution in [0.2, 0.25) is 0 Å². The fourth-order valence-electron chi connectivity index (χ4n) is 1.26. The first-order chi connectivity index (χ1) is 5.83. The molecular weight excluding hydrogens is 160 g/mol. The number of methoxy groups -OCH3 is 1. The van der Waals surface area contributed by atoms with Crippen molar-refractivity contribution in [2.45, 2.75) is 6.10 Å². The molecule has 0 aromatic rings. The van der Waals surface area contributed by atoms with Gasteiger partial charge in [-0.15, -0.1) is 0 Å². The predicted molar refractivity (Wildman–Crippen MR) is 39.0 cm³/mol. The lowest BCUT2D eigenvalue weighted by atomic mass is 10.2. The lowest BCUT2D eigenvalue weighted by Gasteiger charge is -2.05. The molecule has 0 spiro atoms. The van der Waals surface area contributed by atoms with Crippen LogP contribution in [0.1, 0.15) is 0 Å². The predicted octanol–water partition coefficient (Wildman–Crippen LogP) is 0.356. The molecule has 0 N–H and O–H groups in total. The summed E-state index contributed by atoms with van der Waals surface area (Å²) in [5.41, 5.74) is 0.505. The molecule has 0 radical (unpaired) electrons. The van der Waals surface area contributed by atoms with Crippen molar-refractivity contribution in [1.82, 2.24) is 0 Å². The first-order valence-electron chi connectivity index (χ1n) is 3.57. The van der Waals surface area contributed by atoms with Gasteiger partial charge in [-0.2, -0.15) is 0 Å². The minimum absolute atomic E-state index is 0.213. The Kier molecular flexibility index (Phi) is 1.62. The van der Waals surface area contributed by atoms with E-state index in [1.165, 1.54) is 7.11 Å². The van der Waals surface area contributed by atoms with E-state index < -0.39 is 0 Å². The summed E-state index contributed by atoms with van der Waals surface area (Å²) in [6.07, 6.45) is 3.05. The van der Waals surface area contributed by atoms with Gasteiger partial charge in [-0.3, -0.25) is 0 Å². The van der Waals surface area contributed by atoms with E-state index in [1.54, 1.807) is 12.2 Å². The van der Waals surface area contributed by atoms with E-state index in [0.717, 1.165) is 0 Å². The van der Waals surface area contributed by atoms with Crippen LogP contribution in [0.5, 0.6) is 0 Å². The number of rotatable bonds is 1. The van der Waals surface area contributed by atoms with Crippen LogP contribution in [0.15, 0.2) is 23.5 Å². The molecule has 2 aliphatic rings. The molecular formula is C8H8O4. The Balaban J connectivity index is 2.17. The van der Waals surface area contributed by atoms with Crippen molar-refractivity contribution in [2.75, 3.05) is 13.9 Å². The van der Waals surface area contributed by atoms with Gasteiger partial charge in [-0.1, -0.05) is 0 Å². The van der Waals surface area contributed by atoms with Gasteiger partial charge in [-0.05, 0) is 12.2 Å². The molecule has 1 aliphatic heterocycles. The summed E-state index contributed by atoms with van der Waals surface area (Å²) in [4.78, 5) is 11.1. The minimum atomic E-state index is -0.364. The Bertz CT molecular complexity index is 277. The van der Waals surface area contributed by atoms with E-state index in [4.69, 9.17) is 9.47 Å². The number of fused-ring (bicyclic) bond motifs is 1. The first-order valence-corrected chi connectivity index (χ1v) is 3.57. The van der Waals surface area contributed by atoms with E-state index in [2.05, 4.69) is 4.74 Å². The number of hydrogen-bond acceptors (Lipinski definition) is 4. The fourth-order valence-corrected chi connectivity index (χ4v) is 1.26. The molecule has 0 bridgehead atoms. The second-order valence-electron chi connectivity index (χ2n) is 2.49. The Morgan fingerprint density at radius 3 is 3.25 bits per heavy atom. The van der Waals surface area contributed by atoms with Crippen molar-refractivity contribution in [3.05, 3.63) is 23.5 Å². The maximum absolute atomic E-state index is 11.1. The number of carbonyl (C=O) groups excluding carboxylic acids is 1. The van der Waals surface area contributed by atoms with Crippen molar-refractivity contribution in [1.29, 1.82) is 0 Å². The van der Waals surface area contributed by atoms with Crippen molar-refractivity contribution in [3.63, 3.8) is 0 Å². The maximum atomic E-state index is 11.1. The van der Waals surface area contributed by atoms with Gasteiger partial charge in [0.25, 0.3) is 0 Å². The lowest BCUT2D eigenvalue weighted by molar-refractivity contribution is -0.137. The molecule has 1 unspecified atom stereocenters. The number of esters is 1. The monoisotopic (exact) mass is 168 g/mol. The molecule has 2 rings (SSSR count). The Hall–Kier alpha value is -1.29. The zero-order chi connectivity index (χ0) is 8.55. The average molecular weight is 168 g/mol. The SMILES string of the molecule is COC(=O)C1=CC=C2OCOC21. The van der Waals surface area contributed by atoms with E-state index >= 15 is 0 Å². The summed E-state index contributed by atoms with van der Waals surface area (Å²) >= 11 is 0. The Morgan fingerprint density at radius 1 is 1.67 bits per heavy atom. The molecule has 64 valence electrons. The largest absolute Gasteiger partial charge is 0.469 e. The van der Waals surface area contributed by atoms with Crippen molar-refractivity contribution in [3.8, 4) is 0 Å². The molecule has 0 saturated carbocycles. The van der Waals surface area contributed by atoms with E-state index in [0.29, 0.717) is 11.3 Å². The number of allylic oxidation sites excluding steroid dienone is 2. The third kappa shape index (κ3) is 0.921. The summed E-state index contributed by atoms with van der Waals surface area (Å²) in [5, 5.41) is 0. The van der Waals surface area contributed by atoms with Crippen LogP contribution >= 0.6 is 0 Å². The number of carbonyl (C=O) groups is 1. The second kappa shape index (κ2) is 2.64. The number of ether oxygens (including phenoxy) is 3. The highest BCUT2D eigenvalue weighted by Gasteiger charge is 2.34. The normalized spacial score (nSPS) is 25.6. The third-order valence-electron chi connectivity index (χ3n) is 1.85. The van der Waals surface area contributed by atoms with Gasteiger partial charge in [-0.25, -0.2) is 4.79 Å². The summed E-state index contributed by atoms with van der Waals surface area (Å²) < 4.78 is 14.8. The number of hydrogen-bond donors (Lipinski definition) is 0. The molecule has 12 heavy (non-hydrogen) atoms. The zero-order valence-electron chi connectivity index (χ0n) is 6.57. The van der Waals surface area contributed by atoms with Crippen LogP contribution in [0, 0.1) is 0 Å². The van der Waals surface area contributed by atoms with Gasteiger partial charge in [0.15, 0.2) is 12.9 Å². The van der Waals surface area contributed by atoms with Crippen molar-refractivity contribution < 1.29 is 19.0 Å². The van der Waals surface area contributed by atoms with Gasteiger partial charge < -0.3 is 14.2 Å². The molecule has 0 aromatic heterocycles. The summed E-state index contributed by atoms with van der Waals surface area (Å²) in [6, 6.07) is 0. The molecule has 1 atom stereocenters. The van der Waals surface area contributed by atoms with Crippen LogP contribution < -0.4 is 0 Å². The smallest absolute Gasteiger partial charge is 0.336 e. The highest BCUT2D eigenvalue weighted by Crippen LogP contribution is 2.29. The van der Waals surface area contributed by atoms with Crippen LogP contribution in [-0.4, -0.2) is 26.0 Å². The first kappa shape index (κ1) is 7.36. The van der Waals surface area contributed by atoms with Crippen LogP contribution in [0.4, 0.5) is 0 Å². The molecule has 1 heterocycles. The van der Waals surface area contributed by atoms with E-state index in [-0.39, 0.29) is 18.9 Å². The minimum Gasteiger partial charge on any atom is -0.469 e. The summed E-state index contributed by atoms with van der Waals surface area (Å²) in [5.74, 6) is 0.326.